The topological polar surface area (TPSA) is 81.7 Å². The quantitative estimate of drug-likeness (QED) is 0.413. The molecule has 0 aliphatic heterocycles. The molecule has 0 heterocycles. The number of rotatable bonds is 7. The predicted octanol–water partition coefficient (Wildman–Crippen LogP) is 5.74. The van der Waals surface area contributed by atoms with Crippen LogP contribution in [-0.4, -0.2) is 26.6 Å². The van der Waals surface area contributed by atoms with E-state index >= 15 is 0 Å². The monoisotopic (exact) mass is 507 g/mol. The van der Waals surface area contributed by atoms with Crippen LogP contribution >= 0.6 is 0 Å². The van der Waals surface area contributed by atoms with E-state index in [1.165, 1.54) is 5.56 Å². The molecule has 0 amide bonds. The van der Waals surface area contributed by atoms with Gasteiger partial charge < -0.3 is 9.47 Å². The number of fused-ring (bicyclic) bond motifs is 1. The lowest BCUT2D eigenvalue weighted by Crippen LogP contribution is -2.31. The highest BCUT2D eigenvalue weighted by atomic mass is 32.2. The van der Waals surface area contributed by atoms with Crippen LogP contribution in [0.15, 0.2) is 71.6 Å². The van der Waals surface area contributed by atoms with Crippen LogP contribution < -0.4 is 9.46 Å². The van der Waals surface area contributed by atoms with Crippen LogP contribution in [0.25, 0.3) is 11.1 Å². The Labute approximate surface area is 213 Å². The molecule has 1 aliphatic rings. The molecule has 0 saturated carbocycles. The van der Waals surface area contributed by atoms with Gasteiger partial charge in [-0.2, -0.15) is 0 Å². The summed E-state index contributed by atoms with van der Waals surface area (Å²) < 4.78 is 40.5. The van der Waals surface area contributed by atoms with Crippen molar-refractivity contribution in [1.82, 2.24) is 4.72 Å². The third-order valence-electron chi connectivity index (χ3n) is 6.08. The van der Waals surface area contributed by atoms with Gasteiger partial charge in [-0.05, 0) is 87.4 Å². The Kier molecular flexibility index (Phi) is 7.52. The zero-order valence-corrected chi connectivity index (χ0v) is 22.0. The molecule has 1 N–H and O–H groups in total. The van der Waals surface area contributed by atoms with Crippen LogP contribution in [0.5, 0.6) is 5.75 Å². The van der Waals surface area contributed by atoms with Crippen molar-refractivity contribution in [2.45, 2.75) is 63.5 Å². The summed E-state index contributed by atoms with van der Waals surface area (Å²) in [6, 6.07) is 20.2. The number of aryl methyl sites for hydroxylation is 1. The molecule has 0 aromatic heterocycles. The molecule has 1 aliphatic carbocycles. The summed E-state index contributed by atoms with van der Waals surface area (Å²) >= 11 is 0. The summed E-state index contributed by atoms with van der Waals surface area (Å²) in [5.41, 5.74) is 4.39. The maximum atomic E-state index is 13.2. The Morgan fingerprint density at radius 2 is 1.61 bits per heavy atom. The highest BCUT2D eigenvalue weighted by molar-refractivity contribution is 7.89. The first kappa shape index (κ1) is 25.9. The highest BCUT2D eigenvalue weighted by Crippen LogP contribution is 2.36. The van der Waals surface area contributed by atoms with Crippen molar-refractivity contribution in [1.29, 1.82) is 0 Å². The number of carbonyl (C=O) groups excluding carboxylic acids is 1. The second kappa shape index (κ2) is 10.4. The number of hydrogen-bond donors (Lipinski definition) is 1. The average molecular weight is 508 g/mol. The van der Waals surface area contributed by atoms with E-state index in [0.717, 1.165) is 35.1 Å². The molecule has 0 spiro atoms. The SMILES string of the molecule is Cc1ccc(-c2ccc(S(=O)(=O)NC3CCCc4c(OCC(=O)OC(C)(C)C)cccc43)cc2)cc1. The molecule has 0 bridgehead atoms. The molecule has 0 fully saturated rings. The minimum atomic E-state index is -3.73. The molecule has 1 atom stereocenters. The molecular formula is C29H33NO5S. The van der Waals surface area contributed by atoms with E-state index in [0.29, 0.717) is 12.2 Å². The first-order valence-corrected chi connectivity index (χ1v) is 13.7. The normalized spacial score (nSPS) is 15.7. The van der Waals surface area contributed by atoms with Crippen molar-refractivity contribution in [3.8, 4) is 16.9 Å². The van der Waals surface area contributed by atoms with Crippen LogP contribution in [0.3, 0.4) is 0 Å². The van der Waals surface area contributed by atoms with Gasteiger partial charge in [-0.1, -0.05) is 54.1 Å². The smallest absolute Gasteiger partial charge is 0.344 e. The van der Waals surface area contributed by atoms with Crippen molar-refractivity contribution < 1.29 is 22.7 Å². The van der Waals surface area contributed by atoms with E-state index in [9.17, 15) is 13.2 Å². The van der Waals surface area contributed by atoms with Gasteiger partial charge in [0, 0.05) is 6.04 Å². The molecule has 0 radical (unpaired) electrons. The van der Waals surface area contributed by atoms with Crippen molar-refractivity contribution in [2.75, 3.05) is 6.61 Å². The fraction of sp³-hybridized carbons (Fsp3) is 0.345. The van der Waals surface area contributed by atoms with Gasteiger partial charge in [0.1, 0.15) is 11.4 Å². The third-order valence-corrected chi connectivity index (χ3v) is 7.56. The zero-order chi connectivity index (χ0) is 25.9. The number of esters is 1. The standard InChI is InChI=1S/C29H33NO5S/c1-20-11-13-21(14-12-20)22-15-17-23(18-16-22)36(32,33)30-26-9-5-8-25-24(26)7-6-10-27(25)34-19-28(31)35-29(2,3)4/h6-7,10-18,26,30H,5,8-9,19H2,1-4H3. The minimum absolute atomic E-state index is 0.197. The van der Waals surface area contributed by atoms with Crippen molar-refractivity contribution in [2.24, 2.45) is 0 Å². The molecular weight excluding hydrogens is 474 g/mol. The van der Waals surface area contributed by atoms with E-state index in [2.05, 4.69) is 4.72 Å². The second-order valence-electron chi connectivity index (χ2n) is 10.2. The Balaban J connectivity index is 1.49. The van der Waals surface area contributed by atoms with Crippen molar-refractivity contribution in [3.05, 3.63) is 83.4 Å². The number of hydrogen-bond acceptors (Lipinski definition) is 5. The van der Waals surface area contributed by atoms with Gasteiger partial charge in [-0.15, -0.1) is 0 Å². The number of nitrogens with one attached hydrogen (secondary N) is 1. The fourth-order valence-corrected chi connectivity index (χ4v) is 5.66. The predicted molar refractivity (Wildman–Crippen MR) is 140 cm³/mol. The summed E-state index contributed by atoms with van der Waals surface area (Å²) in [7, 11) is -3.73. The van der Waals surface area contributed by atoms with E-state index in [1.807, 2.05) is 82.3 Å². The summed E-state index contributed by atoms with van der Waals surface area (Å²) in [6.07, 6.45) is 2.24. The van der Waals surface area contributed by atoms with Crippen molar-refractivity contribution >= 4 is 16.0 Å². The largest absolute Gasteiger partial charge is 0.482 e. The molecule has 3 aromatic carbocycles. The molecule has 7 heteroatoms. The lowest BCUT2D eigenvalue weighted by molar-refractivity contribution is -0.157. The Morgan fingerprint density at radius 1 is 0.972 bits per heavy atom. The Hall–Kier alpha value is -3.16. The average Bonchev–Trinajstić information content (AvgIpc) is 2.82. The van der Waals surface area contributed by atoms with Gasteiger partial charge in [-0.3, -0.25) is 0 Å². The minimum Gasteiger partial charge on any atom is -0.482 e. The van der Waals surface area contributed by atoms with Crippen LogP contribution in [0, 0.1) is 6.92 Å². The summed E-state index contributed by atoms with van der Waals surface area (Å²) in [5, 5.41) is 0. The second-order valence-corrected chi connectivity index (χ2v) is 11.9. The van der Waals surface area contributed by atoms with Crippen LogP contribution in [0.1, 0.15) is 56.3 Å². The molecule has 190 valence electrons. The Bertz CT molecular complexity index is 1320. The first-order valence-electron chi connectivity index (χ1n) is 12.2. The number of carbonyl (C=O) groups is 1. The van der Waals surface area contributed by atoms with Crippen LogP contribution in [0.2, 0.25) is 0 Å². The highest BCUT2D eigenvalue weighted by Gasteiger charge is 2.28. The van der Waals surface area contributed by atoms with Gasteiger partial charge in [0.05, 0.1) is 4.90 Å². The lowest BCUT2D eigenvalue weighted by atomic mass is 9.87. The maximum absolute atomic E-state index is 13.2. The number of benzene rings is 3. The van der Waals surface area contributed by atoms with Gasteiger partial charge in [-0.25, -0.2) is 17.9 Å². The molecule has 36 heavy (non-hydrogen) atoms. The zero-order valence-electron chi connectivity index (χ0n) is 21.2. The van der Waals surface area contributed by atoms with Gasteiger partial charge in [0.15, 0.2) is 6.61 Å². The fourth-order valence-electron chi connectivity index (χ4n) is 4.41. The van der Waals surface area contributed by atoms with E-state index in [-0.39, 0.29) is 17.5 Å². The number of sulfonamides is 1. The van der Waals surface area contributed by atoms with E-state index < -0.39 is 21.6 Å². The van der Waals surface area contributed by atoms with Crippen LogP contribution in [0.4, 0.5) is 0 Å². The third kappa shape index (κ3) is 6.33. The molecule has 1 unspecified atom stereocenters. The Morgan fingerprint density at radius 3 is 2.25 bits per heavy atom. The van der Waals surface area contributed by atoms with Gasteiger partial charge >= 0.3 is 5.97 Å². The molecule has 4 rings (SSSR count). The van der Waals surface area contributed by atoms with E-state index in [1.54, 1.807) is 12.1 Å². The lowest BCUT2D eigenvalue weighted by Gasteiger charge is -2.28. The first-order chi connectivity index (χ1) is 17.0. The van der Waals surface area contributed by atoms with E-state index in [4.69, 9.17) is 9.47 Å². The summed E-state index contributed by atoms with van der Waals surface area (Å²) in [4.78, 5) is 12.3. The molecule has 3 aromatic rings. The number of ether oxygens (including phenoxy) is 2. The maximum Gasteiger partial charge on any atom is 0.344 e. The molecule has 0 saturated heterocycles. The van der Waals surface area contributed by atoms with Crippen molar-refractivity contribution in [3.63, 3.8) is 0 Å². The van der Waals surface area contributed by atoms with Gasteiger partial charge in [0.25, 0.3) is 0 Å². The summed E-state index contributed by atoms with van der Waals surface area (Å²) in [6.45, 7) is 7.26. The van der Waals surface area contributed by atoms with Crippen LogP contribution in [-0.2, 0) is 26.0 Å². The summed E-state index contributed by atoms with van der Waals surface area (Å²) in [5.74, 6) is 0.145. The van der Waals surface area contributed by atoms with Gasteiger partial charge in [0.2, 0.25) is 10.0 Å². The molecule has 6 nitrogen and oxygen atoms in total.